The van der Waals surface area contributed by atoms with Crippen LogP contribution in [-0.2, 0) is 51.2 Å². The van der Waals surface area contributed by atoms with E-state index in [1.54, 1.807) is 44.2 Å². The molecule has 1 aliphatic heterocycles. The Balaban J connectivity index is 1.32. The van der Waals surface area contributed by atoms with Crippen LogP contribution in [0.5, 0.6) is 11.5 Å². The van der Waals surface area contributed by atoms with Gasteiger partial charge in [0.15, 0.2) is 6.10 Å². The van der Waals surface area contributed by atoms with Crippen molar-refractivity contribution in [1.82, 2.24) is 10.6 Å². The first-order valence-corrected chi connectivity index (χ1v) is 20.5. The molecule has 0 bridgehead atoms. The molecule has 0 saturated carbocycles. The van der Waals surface area contributed by atoms with Gasteiger partial charge in [-0.05, 0) is 74.1 Å². The van der Waals surface area contributed by atoms with Crippen molar-refractivity contribution < 1.29 is 57.3 Å². The Morgan fingerprint density at radius 3 is 2.26 bits per heavy atom. The number of carbonyl (C=O) groups is 5. The molecule has 0 aliphatic carbocycles. The molecule has 17 heteroatoms. The third-order valence-corrected chi connectivity index (χ3v) is 10.4. The second-order valence-electron chi connectivity index (χ2n) is 15.9. The smallest absolute Gasteiger partial charge is 0.495 e. The molecule has 3 aromatic carbocycles. The normalized spacial score (nSPS) is 16.6. The van der Waals surface area contributed by atoms with E-state index in [1.165, 1.54) is 31.4 Å². The predicted molar refractivity (Wildman–Crippen MR) is 227 cm³/mol. The van der Waals surface area contributed by atoms with E-state index >= 15 is 0 Å². The van der Waals surface area contributed by atoms with Crippen molar-refractivity contribution in [3.63, 3.8) is 0 Å². The molecule has 0 radical (unpaired) electrons. The number of epoxide rings is 1. The van der Waals surface area contributed by atoms with Crippen LogP contribution in [0.4, 0.5) is 10.5 Å². The van der Waals surface area contributed by atoms with E-state index in [9.17, 15) is 34.1 Å². The number of rotatable bonds is 23. The van der Waals surface area contributed by atoms with Gasteiger partial charge in [-0.3, -0.25) is 24.5 Å². The molecular weight excluding hydrogens is 826 g/mol. The van der Waals surface area contributed by atoms with Gasteiger partial charge in [0.05, 0.1) is 28.6 Å². The zero-order valence-corrected chi connectivity index (χ0v) is 36.5. The maximum Gasteiger partial charge on any atom is 0.514 e. The number of carbonyl (C=O) groups excluding carboxylic acids is 5. The molecule has 1 aliphatic rings. The molecule has 334 valence electrons. The number of benzene rings is 3. The zero-order valence-electron chi connectivity index (χ0n) is 35.8. The molecule has 2 N–H and O–H groups in total. The van der Waals surface area contributed by atoms with Gasteiger partial charge in [-0.25, -0.2) is 9.59 Å². The van der Waals surface area contributed by atoms with E-state index < -0.39 is 52.6 Å². The number of methoxy groups -OCH3 is 1. The number of non-ortho nitro benzene ring substituents is 1. The van der Waals surface area contributed by atoms with E-state index in [2.05, 4.69) is 10.6 Å². The second-order valence-corrected chi connectivity index (χ2v) is 16.3. The molecule has 4 rings (SSSR count). The summed E-state index contributed by atoms with van der Waals surface area (Å²) in [5, 5.41) is 16.4. The minimum atomic E-state index is -1.27. The van der Waals surface area contributed by atoms with E-state index in [1.807, 2.05) is 52.0 Å². The monoisotopic (exact) mass is 879 g/mol. The number of nitro benzene ring substituents is 1. The van der Waals surface area contributed by atoms with E-state index in [0.717, 1.165) is 5.56 Å². The maximum atomic E-state index is 13.8. The molecule has 0 aromatic heterocycles. The van der Waals surface area contributed by atoms with Crippen LogP contribution < -0.4 is 20.1 Å². The number of nitrogens with zero attached hydrogens (tertiary/aromatic N) is 1. The van der Waals surface area contributed by atoms with Gasteiger partial charge in [-0.1, -0.05) is 74.9 Å². The molecule has 1 saturated heterocycles. The van der Waals surface area contributed by atoms with Gasteiger partial charge in [0.25, 0.3) is 5.69 Å². The Labute approximate surface area is 365 Å². The Morgan fingerprint density at radius 1 is 0.984 bits per heavy atom. The molecule has 62 heavy (non-hydrogen) atoms. The summed E-state index contributed by atoms with van der Waals surface area (Å²) in [6, 6.07) is 16.4. The molecular formula is C45H54ClN3O13. The van der Waals surface area contributed by atoms with E-state index in [-0.39, 0.29) is 61.5 Å². The fourth-order valence-electron chi connectivity index (χ4n) is 6.37. The minimum Gasteiger partial charge on any atom is -0.495 e. The number of esters is 2. The minimum absolute atomic E-state index is 0.0403. The molecule has 16 nitrogen and oxygen atoms in total. The lowest BCUT2D eigenvalue weighted by Crippen LogP contribution is -2.49. The Bertz CT molecular complexity index is 2060. The number of ether oxygens (including phenoxy) is 6. The van der Waals surface area contributed by atoms with E-state index in [0.29, 0.717) is 34.7 Å². The fourth-order valence-corrected chi connectivity index (χ4v) is 6.65. The van der Waals surface area contributed by atoms with Crippen molar-refractivity contribution in [2.24, 2.45) is 17.3 Å². The first kappa shape index (κ1) is 48.7. The summed E-state index contributed by atoms with van der Waals surface area (Å²) in [6.45, 7) is 10.5. The summed E-state index contributed by atoms with van der Waals surface area (Å²) >= 11 is 6.24. The number of nitro groups is 1. The number of nitrogens with one attached hydrogen (secondary N) is 2. The highest BCUT2D eigenvalue weighted by Gasteiger charge is 2.48. The summed E-state index contributed by atoms with van der Waals surface area (Å²) in [5.74, 6) is -1.69. The number of amides is 2. The average molecular weight is 880 g/mol. The third-order valence-electron chi connectivity index (χ3n) is 10.1. The van der Waals surface area contributed by atoms with Gasteiger partial charge in [-0.15, -0.1) is 0 Å². The topological polar surface area (TPSA) is 211 Å². The zero-order chi connectivity index (χ0) is 45.6. The molecule has 6 atom stereocenters. The number of allylic oxidation sites excluding steroid dienone is 1. The van der Waals surface area contributed by atoms with Crippen molar-refractivity contribution in [3.05, 3.63) is 111 Å². The van der Waals surface area contributed by atoms with Gasteiger partial charge in [0, 0.05) is 37.4 Å². The van der Waals surface area contributed by atoms with Crippen molar-refractivity contribution in [2.45, 2.75) is 97.9 Å². The largest absolute Gasteiger partial charge is 0.514 e. The van der Waals surface area contributed by atoms with Crippen LogP contribution in [0.1, 0.15) is 77.2 Å². The molecule has 1 unspecified atom stereocenters. The predicted octanol–water partition coefficient (Wildman–Crippen LogP) is 7.38. The van der Waals surface area contributed by atoms with Crippen molar-refractivity contribution >= 4 is 47.7 Å². The molecule has 1 heterocycles. The Hall–Kier alpha value is -6.00. The first-order valence-electron chi connectivity index (χ1n) is 20.1. The number of hydrogen-bond donors (Lipinski definition) is 2. The average Bonchev–Trinajstić information content (AvgIpc) is 4.04. The van der Waals surface area contributed by atoms with Crippen LogP contribution in [0, 0.1) is 27.4 Å². The summed E-state index contributed by atoms with van der Waals surface area (Å²) in [7, 11) is 1.48. The van der Waals surface area contributed by atoms with Crippen LogP contribution in [0.3, 0.4) is 0 Å². The molecule has 2 amide bonds. The van der Waals surface area contributed by atoms with E-state index in [4.69, 9.17) is 40.0 Å². The SMILES string of the molecule is C/C=C/C[C@H](OC(=O)[C@H](CC(C)C)OC(=O)C(C)(C)CNC(=O)C(Cc1ccc(OC)c(Cl)c1)NC=O)[C@H](C)[C@H]1O[C@@H]1c1ccc(COC(=O)Oc2ccc([N+](=O)[O-])cc2)cc1. The molecule has 0 spiro atoms. The van der Waals surface area contributed by atoms with Crippen LogP contribution in [0.25, 0.3) is 0 Å². The van der Waals surface area contributed by atoms with Gasteiger partial charge >= 0.3 is 18.1 Å². The number of halogens is 1. The van der Waals surface area contributed by atoms with Gasteiger partial charge < -0.3 is 39.1 Å². The Kier molecular flexibility index (Phi) is 17.8. The van der Waals surface area contributed by atoms with Gasteiger partial charge in [0.2, 0.25) is 12.3 Å². The summed E-state index contributed by atoms with van der Waals surface area (Å²) in [5.41, 5.74) is 0.823. The quantitative estimate of drug-likeness (QED) is 0.0139. The van der Waals surface area contributed by atoms with Crippen LogP contribution in [0.15, 0.2) is 78.9 Å². The van der Waals surface area contributed by atoms with Crippen molar-refractivity contribution in [1.29, 1.82) is 0 Å². The molecule has 3 aromatic rings. The highest BCUT2D eigenvalue weighted by atomic mass is 35.5. The lowest BCUT2D eigenvalue weighted by atomic mass is 9.92. The Morgan fingerprint density at radius 2 is 1.66 bits per heavy atom. The van der Waals surface area contributed by atoms with Crippen LogP contribution >= 0.6 is 11.6 Å². The lowest BCUT2D eigenvalue weighted by molar-refractivity contribution is -0.384. The maximum absolute atomic E-state index is 13.8. The third kappa shape index (κ3) is 14.3. The van der Waals surface area contributed by atoms with Crippen LogP contribution in [0.2, 0.25) is 5.02 Å². The van der Waals surface area contributed by atoms with Gasteiger partial charge in [-0.2, -0.15) is 0 Å². The van der Waals surface area contributed by atoms with Crippen LogP contribution in [-0.4, -0.2) is 73.3 Å². The highest BCUT2D eigenvalue weighted by Crippen LogP contribution is 2.45. The van der Waals surface area contributed by atoms with Crippen molar-refractivity contribution in [3.8, 4) is 11.5 Å². The highest BCUT2D eigenvalue weighted by molar-refractivity contribution is 6.32. The lowest BCUT2D eigenvalue weighted by Gasteiger charge is -2.29. The summed E-state index contributed by atoms with van der Waals surface area (Å²) < 4.78 is 33.4. The second kappa shape index (κ2) is 22.7. The standard InChI is InChI=1S/C45H54ClN3O13/c1-8-9-10-36(28(4)39-40(62-39)31-14-11-29(12-15-31)24-58-44(54)59-33-18-16-32(17-19-33)49(55)56)60-42(52)38(21-27(2)3)61-43(53)45(5,6)25-47-41(51)35(48-26-50)23-30-13-20-37(57-7)34(46)22-30/h8-9,11-20,22,26-28,35-36,38-40H,10,21,23-25H2,1-7H3,(H,47,51)(H,48,50)/b9-8+/t28-,35?,36-,38-,39+,40+/m0/s1. The number of hydrogen-bond acceptors (Lipinski definition) is 13. The fraction of sp³-hybridized carbons (Fsp3) is 0.444. The van der Waals surface area contributed by atoms with Crippen molar-refractivity contribution in [2.75, 3.05) is 13.7 Å². The molecule has 1 fully saturated rings. The summed E-state index contributed by atoms with van der Waals surface area (Å²) in [6.07, 6.45) is 1.49. The van der Waals surface area contributed by atoms with Gasteiger partial charge in [0.1, 0.15) is 36.4 Å². The first-order chi connectivity index (χ1) is 29.5. The summed E-state index contributed by atoms with van der Waals surface area (Å²) in [4.78, 5) is 74.4.